The predicted molar refractivity (Wildman–Crippen MR) is 117 cm³/mol. The molecule has 1 N–H and O–H groups in total. The lowest BCUT2D eigenvalue weighted by atomic mass is 9.59. The topological polar surface area (TPSA) is 50.7 Å². The summed E-state index contributed by atoms with van der Waals surface area (Å²) in [4.78, 5) is 18.0. The average molecular weight is 407 g/mol. The summed E-state index contributed by atoms with van der Waals surface area (Å²) in [5.41, 5.74) is 2.74. The van der Waals surface area contributed by atoms with Crippen LogP contribution in [0.15, 0.2) is 23.2 Å². The summed E-state index contributed by atoms with van der Waals surface area (Å²) in [7, 11) is 1.78. The molecule has 2 spiro atoms. The number of aliphatic imine (C=N–C) groups is 1. The number of Topliss-reactive ketones (excluding diaryl/α,β-unsaturated/α-hetero) is 1. The highest BCUT2D eigenvalue weighted by atomic mass is 32.1. The normalized spacial score (nSPS) is 33.2. The van der Waals surface area contributed by atoms with Gasteiger partial charge in [0.1, 0.15) is 5.54 Å². The third-order valence-electron chi connectivity index (χ3n) is 7.29. The van der Waals surface area contributed by atoms with Crippen molar-refractivity contribution < 1.29 is 9.53 Å². The standard InChI is InChI=1S/C24H26N2O2S/c1-15-21(27)24(26-22(29)25-15)20-13-17(6-5-16-3-4-16)7-8-18(20)14-23(24)11-9-19(28-2)10-12-23/h7-8,13,16,19H,3-4,9-12,14H2,1-2H3,(H,26,29). The number of thiocarbonyl (C=S) groups is 1. The minimum absolute atomic E-state index is 0.0630. The first-order valence-electron chi connectivity index (χ1n) is 10.6. The van der Waals surface area contributed by atoms with E-state index in [2.05, 4.69) is 40.3 Å². The lowest BCUT2D eigenvalue weighted by molar-refractivity contribution is -0.126. The second-order valence-corrected chi connectivity index (χ2v) is 9.40. The molecular weight excluding hydrogens is 380 g/mol. The van der Waals surface area contributed by atoms with Crippen LogP contribution in [-0.2, 0) is 21.5 Å². The monoisotopic (exact) mass is 406 g/mol. The molecule has 4 nitrogen and oxygen atoms in total. The Morgan fingerprint density at radius 3 is 2.69 bits per heavy atom. The first kappa shape index (κ1) is 19.0. The predicted octanol–water partition coefficient (Wildman–Crippen LogP) is 3.69. The second kappa shape index (κ2) is 6.75. The number of carbonyl (C=O) groups is 1. The van der Waals surface area contributed by atoms with Gasteiger partial charge in [0.2, 0.25) is 5.78 Å². The smallest absolute Gasteiger partial charge is 0.207 e. The Kier molecular flexibility index (Phi) is 4.42. The molecule has 2 saturated carbocycles. The highest BCUT2D eigenvalue weighted by molar-refractivity contribution is 7.80. The van der Waals surface area contributed by atoms with Crippen molar-refractivity contribution in [3.63, 3.8) is 0 Å². The average Bonchev–Trinajstić information content (AvgIpc) is 3.51. The molecule has 0 radical (unpaired) electrons. The Hall–Kier alpha value is -2.03. The number of hydrogen-bond acceptors (Lipinski definition) is 3. The van der Waals surface area contributed by atoms with Crippen molar-refractivity contribution >= 4 is 28.8 Å². The zero-order valence-corrected chi connectivity index (χ0v) is 17.8. The van der Waals surface area contributed by atoms with Gasteiger partial charge in [0.05, 0.1) is 11.8 Å². The van der Waals surface area contributed by atoms with Gasteiger partial charge in [0, 0.05) is 24.0 Å². The van der Waals surface area contributed by atoms with Gasteiger partial charge in [-0.25, -0.2) is 4.99 Å². The quantitative estimate of drug-likeness (QED) is 0.571. The van der Waals surface area contributed by atoms with E-state index in [9.17, 15) is 4.79 Å². The number of methoxy groups -OCH3 is 1. The number of benzene rings is 1. The van der Waals surface area contributed by atoms with Crippen molar-refractivity contribution in [2.24, 2.45) is 16.3 Å². The van der Waals surface area contributed by atoms with Gasteiger partial charge in [-0.2, -0.15) is 0 Å². The van der Waals surface area contributed by atoms with Crippen molar-refractivity contribution in [3.05, 3.63) is 34.9 Å². The Morgan fingerprint density at radius 1 is 1.24 bits per heavy atom. The zero-order chi connectivity index (χ0) is 20.2. The molecule has 1 aliphatic heterocycles. The molecule has 0 saturated heterocycles. The molecule has 1 unspecified atom stereocenters. The van der Waals surface area contributed by atoms with E-state index in [0.29, 0.717) is 16.7 Å². The van der Waals surface area contributed by atoms with Crippen LogP contribution in [0, 0.1) is 23.2 Å². The van der Waals surface area contributed by atoms with Crippen molar-refractivity contribution in [3.8, 4) is 11.8 Å². The number of carbonyl (C=O) groups excluding carboxylic acids is 1. The van der Waals surface area contributed by atoms with Crippen LogP contribution in [0.4, 0.5) is 0 Å². The van der Waals surface area contributed by atoms with Gasteiger partial charge in [0.15, 0.2) is 5.11 Å². The van der Waals surface area contributed by atoms with Gasteiger partial charge >= 0.3 is 0 Å². The van der Waals surface area contributed by atoms with Gasteiger partial charge in [-0.3, -0.25) is 4.79 Å². The van der Waals surface area contributed by atoms with E-state index in [4.69, 9.17) is 17.0 Å². The summed E-state index contributed by atoms with van der Waals surface area (Å²) in [6.45, 7) is 1.79. The summed E-state index contributed by atoms with van der Waals surface area (Å²) in [5.74, 6) is 7.29. The van der Waals surface area contributed by atoms with Crippen LogP contribution in [0.5, 0.6) is 0 Å². The van der Waals surface area contributed by atoms with E-state index < -0.39 is 5.54 Å². The minimum atomic E-state index is -0.832. The van der Waals surface area contributed by atoms with Crippen LogP contribution >= 0.6 is 12.2 Å². The number of ether oxygens (including phenoxy) is 1. The van der Waals surface area contributed by atoms with E-state index in [1.165, 1.54) is 18.4 Å². The minimum Gasteiger partial charge on any atom is -0.381 e. The summed E-state index contributed by atoms with van der Waals surface area (Å²) >= 11 is 5.50. The molecule has 1 aromatic rings. The van der Waals surface area contributed by atoms with Crippen LogP contribution in [0.1, 0.15) is 62.1 Å². The molecular formula is C24H26N2O2S. The summed E-state index contributed by atoms with van der Waals surface area (Å²) < 4.78 is 5.62. The van der Waals surface area contributed by atoms with E-state index in [-0.39, 0.29) is 17.3 Å². The molecule has 150 valence electrons. The third kappa shape index (κ3) is 2.88. The van der Waals surface area contributed by atoms with E-state index in [0.717, 1.165) is 43.2 Å². The molecule has 1 heterocycles. The first-order chi connectivity index (χ1) is 14.0. The van der Waals surface area contributed by atoms with Crippen molar-refractivity contribution in [2.45, 2.75) is 63.5 Å². The lowest BCUT2D eigenvalue weighted by Gasteiger charge is -2.50. The number of fused-ring (bicyclic) bond motifs is 3. The molecule has 1 atom stereocenters. The number of nitrogens with zero attached hydrogens (tertiary/aromatic N) is 1. The fourth-order valence-electron chi connectivity index (χ4n) is 5.57. The SMILES string of the molecule is COC1CCC2(CC1)Cc1ccc(C#CC3CC3)cc1C21NC(=S)N=C(C)C1=O. The summed E-state index contributed by atoms with van der Waals surface area (Å²) in [5, 5.41) is 3.85. The number of ketones is 1. The Morgan fingerprint density at radius 2 is 2.00 bits per heavy atom. The maximum absolute atomic E-state index is 13.7. The lowest BCUT2D eigenvalue weighted by Crippen LogP contribution is -2.64. The summed E-state index contributed by atoms with van der Waals surface area (Å²) in [6.07, 6.45) is 7.32. The molecule has 0 amide bonds. The van der Waals surface area contributed by atoms with Crippen LogP contribution < -0.4 is 5.32 Å². The summed E-state index contributed by atoms with van der Waals surface area (Å²) in [6, 6.07) is 6.41. The highest BCUT2D eigenvalue weighted by Crippen LogP contribution is 2.59. The molecule has 5 rings (SSSR count). The van der Waals surface area contributed by atoms with Crippen molar-refractivity contribution in [1.82, 2.24) is 5.32 Å². The fourth-order valence-corrected chi connectivity index (χ4v) is 5.86. The second-order valence-electron chi connectivity index (χ2n) is 9.01. The van der Waals surface area contributed by atoms with Crippen molar-refractivity contribution in [1.29, 1.82) is 0 Å². The Balaban J connectivity index is 1.64. The van der Waals surface area contributed by atoms with Gasteiger partial charge in [0.25, 0.3) is 0 Å². The van der Waals surface area contributed by atoms with Gasteiger partial charge < -0.3 is 10.1 Å². The van der Waals surface area contributed by atoms with E-state index in [1.807, 2.05) is 0 Å². The Labute approximate surface area is 177 Å². The van der Waals surface area contributed by atoms with Crippen LogP contribution in [-0.4, -0.2) is 29.8 Å². The van der Waals surface area contributed by atoms with Crippen LogP contribution in [0.2, 0.25) is 0 Å². The van der Waals surface area contributed by atoms with E-state index in [1.54, 1.807) is 14.0 Å². The number of rotatable bonds is 1. The highest BCUT2D eigenvalue weighted by Gasteiger charge is 2.64. The van der Waals surface area contributed by atoms with E-state index >= 15 is 0 Å². The molecule has 29 heavy (non-hydrogen) atoms. The molecule has 4 aliphatic rings. The zero-order valence-electron chi connectivity index (χ0n) is 17.0. The molecule has 5 heteroatoms. The number of nitrogens with one attached hydrogen (secondary N) is 1. The molecule has 0 aromatic heterocycles. The van der Waals surface area contributed by atoms with Gasteiger partial charge in [-0.1, -0.05) is 17.9 Å². The largest absolute Gasteiger partial charge is 0.381 e. The van der Waals surface area contributed by atoms with Gasteiger partial charge in [-0.05, 0) is 87.3 Å². The fraction of sp³-hybridized carbons (Fsp3) is 0.542. The molecule has 2 fully saturated rings. The maximum atomic E-state index is 13.7. The van der Waals surface area contributed by atoms with Crippen molar-refractivity contribution in [2.75, 3.05) is 7.11 Å². The molecule has 1 aromatic carbocycles. The third-order valence-corrected chi connectivity index (χ3v) is 7.49. The van der Waals surface area contributed by atoms with Gasteiger partial charge in [-0.15, -0.1) is 0 Å². The van der Waals surface area contributed by atoms with Crippen LogP contribution in [0.25, 0.3) is 0 Å². The number of hydrogen-bond donors (Lipinski definition) is 1. The molecule has 0 bridgehead atoms. The van der Waals surface area contributed by atoms with Crippen LogP contribution in [0.3, 0.4) is 0 Å². The first-order valence-corrected chi connectivity index (χ1v) is 11.0. The Bertz CT molecular complexity index is 990. The maximum Gasteiger partial charge on any atom is 0.207 e. The molecule has 3 aliphatic carbocycles.